The number of nitriles is 2. The van der Waals surface area contributed by atoms with Gasteiger partial charge in [-0.25, -0.2) is 0 Å². The number of likely N-dealkylation sites (tertiary alicyclic amines) is 1. The van der Waals surface area contributed by atoms with Crippen molar-refractivity contribution in [1.29, 1.82) is 10.5 Å². The van der Waals surface area contributed by atoms with Gasteiger partial charge in [-0.3, -0.25) is 9.69 Å². The van der Waals surface area contributed by atoms with Crippen LogP contribution in [0.4, 0.5) is 5.82 Å². The third-order valence-electron chi connectivity index (χ3n) is 4.99. The van der Waals surface area contributed by atoms with Crippen molar-refractivity contribution in [3.05, 3.63) is 51.3 Å². The van der Waals surface area contributed by atoms with E-state index in [1.807, 2.05) is 36.4 Å². The maximum absolute atomic E-state index is 12.0. The summed E-state index contributed by atoms with van der Waals surface area (Å²) in [6.07, 6.45) is 2.45. The Kier molecular flexibility index (Phi) is 5.06. The Morgan fingerprint density at radius 1 is 1.15 bits per heavy atom. The van der Waals surface area contributed by atoms with Crippen molar-refractivity contribution in [2.45, 2.75) is 26.3 Å². The monoisotopic (exact) mass is 347 g/mol. The Balaban J connectivity index is 1.91. The molecule has 26 heavy (non-hydrogen) atoms. The summed E-state index contributed by atoms with van der Waals surface area (Å²) in [5, 5.41) is 18.7. The molecule has 0 aliphatic carbocycles. The molecule has 0 bridgehead atoms. The van der Waals surface area contributed by atoms with Gasteiger partial charge in [0.05, 0.1) is 0 Å². The predicted octanol–water partition coefficient (Wildman–Crippen LogP) is 2.60. The molecule has 6 nitrogen and oxygen atoms in total. The lowest BCUT2D eigenvalue weighted by molar-refractivity contribution is 0.185. The van der Waals surface area contributed by atoms with E-state index in [2.05, 4.69) is 16.8 Å². The first-order valence-electron chi connectivity index (χ1n) is 8.71. The molecule has 0 atom stereocenters. The van der Waals surface area contributed by atoms with Crippen LogP contribution in [0.3, 0.4) is 0 Å². The van der Waals surface area contributed by atoms with Gasteiger partial charge in [0.1, 0.15) is 29.1 Å². The average molecular weight is 347 g/mol. The molecule has 1 aromatic heterocycles. The number of pyridine rings is 1. The highest BCUT2D eigenvalue weighted by molar-refractivity contribution is 5.80. The molecule has 0 radical (unpaired) electrons. The fourth-order valence-corrected chi connectivity index (χ4v) is 3.39. The molecular formula is C20H21N5O. The quantitative estimate of drug-likeness (QED) is 0.887. The van der Waals surface area contributed by atoms with E-state index in [4.69, 9.17) is 5.73 Å². The summed E-state index contributed by atoms with van der Waals surface area (Å²) in [5.74, 6) is 0.780. The Morgan fingerprint density at radius 2 is 1.77 bits per heavy atom. The van der Waals surface area contributed by atoms with Gasteiger partial charge in [-0.15, -0.1) is 0 Å². The number of H-pyrrole nitrogens is 1. The number of nitrogen functional groups attached to an aromatic ring is 1. The highest BCUT2D eigenvalue weighted by Gasteiger charge is 2.19. The van der Waals surface area contributed by atoms with Gasteiger partial charge in [0, 0.05) is 12.1 Å². The number of aromatic amines is 1. The second-order valence-electron chi connectivity index (χ2n) is 6.87. The lowest BCUT2D eigenvalue weighted by Crippen LogP contribution is -2.32. The molecule has 3 N–H and O–H groups in total. The summed E-state index contributed by atoms with van der Waals surface area (Å²) in [5.41, 5.74) is 7.33. The zero-order chi connectivity index (χ0) is 18.7. The molecule has 132 valence electrons. The van der Waals surface area contributed by atoms with Gasteiger partial charge in [0.2, 0.25) is 0 Å². The number of hydrogen-bond donors (Lipinski definition) is 2. The third kappa shape index (κ3) is 3.46. The van der Waals surface area contributed by atoms with Gasteiger partial charge < -0.3 is 10.7 Å². The fraction of sp³-hybridized carbons (Fsp3) is 0.350. The van der Waals surface area contributed by atoms with Gasteiger partial charge in [-0.2, -0.15) is 10.5 Å². The molecule has 0 amide bonds. The Morgan fingerprint density at radius 3 is 2.35 bits per heavy atom. The van der Waals surface area contributed by atoms with Crippen LogP contribution in [0.1, 0.15) is 36.5 Å². The number of anilines is 1. The number of nitrogens with two attached hydrogens (primary N) is 1. The van der Waals surface area contributed by atoms with Crippen molar-refractivity contribution in [1.82, 2.24) is 9.88 Å². The summed E-state index contributed by atoms with van der Waals surface area (Å²) in [6.45, 7) is 5.37. The molecule has 1 saturated heterocycles. The largest absolute Gasteiger partial charge is 0.384 e. The van der Waals surface area contributed by atoms with Gasteiger partial charge in [0.15, 0.2) is 0 Å². The van der Waals surface area contributed by atoms with E-state index < -0.39 is 5.56 Å². The highest BCUT2D eigenvalue weighted by Crippen LogP contribution is 2.28. The van der Waals surface area contributed by atoms with Crippen LogP contribution in [0, 0.1) is 28.6 Å². The number of aromatic nitrogens is 1. The number of rotatable bonds is 3. The molecule has 0 unspecified atom stereocenters. The van der Waals surface area contributed by atoms with E-state index in [0.29, 0.717) is 11.1 Å². The molecule has 1 aromatic carbocycles. The Hall–Kier alpha value is -3.09. The number of benzene rings is 1. The van der Waals surface area contributed by atoms with Crippen molar-refractivity contribution in [3.8, 4) is 23.3 Å². The molecule has 2 aromatic rings. The maximum Gasteiger partial charge on any atom is 0.268 e. The van der Waals surface area contributed by atoms with Crippen LogP contribution in [0.25, 0.3) is 11.1 Å². The summed E-state index contributed by atoms with van der Waals surface area (Å²) in [6, 6.07) is 11.5. The number of piperidine rings is 1. The average Bonchev–Trinajstić information content (AvgIpc) is 2.64. The van der Waals surface area contributed by atoms with E-state index in [1.54, 1.807) is 0 Å². The molecule has 3 rings (SSSR count). The summed E-state index contributed by atoms with van der Waals surface area (Å²) in [7, 11) is 0. The standard InChI is InChI=1S/C20H21N5O/c1-13-6-8-25(9-7-13)12-14-2-4-15(5-3-14)18-16(10-21)19(23)24-20(26)17(18)11-22/h2-5,13H,6-9,12H2,1H3,(H3,23,24,26). The first kappa shape index (κ1) is 17.7. The molecular weight excluding hydrogens is 326 g/mol. The number of nitrogens with zero attached hydrogens (tertiary/aromatic N) is 3. The molecule has 1 aliphatic rings. The summed E-state index contributed by atoms with van der Waals surface area (Å²) >= 11 is 0. The molecule has 6 heteroatoms. The minimum absolute atomic E-state index is 0.0157. The van der Waals surface area contributed by atoms with E-state index in [-0.39, 0.29) is 16.9 Å². The van der Waals surface area contributed by atoms with E-state index in [0.717, 1.165) is 31.1 Å². The minimum atomic E-state index is -0.578. The van der Waals surface area contributed by atoms with Crippen LogP contribution < -0.4 is 11.3 Å². The zero-order valence-corrected chi connectivity index (χ0v) is 14.7. The summed E-state index contributed by atoms with van der Waals surface area (Å²) in [4.78, 5) is 16.8. The minimum Gasteiger partial charge on any atom is -0.384 e. The second-order valence-corrected chi connectivity index (χ2v) is 6.87. The van der Waals surface area contributed by atoms with Gasteiger partial charge in [-0.05, 0) is 43.0 Å². The van der Waals surface area contributed by atoms with E-state index >= 15 is 0 Å². The third-order valence-corrected chi connectivity index (χ3v) is 4.99. The van der Waals surface area contributed by atoms with Gasteiger partial charge in [-0.1, -0.05) is 31.2 Å². The Labute approximate surface area is 152 Å². The maximum atomic E-state index is 12.0. The van der Waals surface area contributed by atoms with E-state index in [1.165, 1.54) is 12.8 Å². The molecule has 1 fully saturated rings. The van der Waals surface area contributed by atoms with Crippen LogP contribution in [-0.2, 0) is 6.54 Å². The summed E-state index contributed by atoms with van der Waals surface area (Å²) < 4.78 is 0. The molecule has 0 spiro atoms. The van der Waals surface area contributed by atoms with Crippen molar-refractivity contribution in [3.63, 3.8) is 0 Å². The van der Waals surface area contributed by atoms with Gasteiger partial charge in [0.25, 0.3) is 5.56 Å². The SMILES string of the molecule is CC1CCN(Cc2ccc(-c3c(C#N)c(N)[nH]c(=O)c3C#N)cc2)CC1. The second kappa shape index (κ2) is 7.43. The van der Waals surface area contributed by atoms with Crippen molar-refractivity contribution in [2.75, 3.05) is 18.8 Å². The van der Waals surface area contributed by atoms with Crippen LogP contribution in [0.5, 0.6) is 0 Å². The van der Waals surface area contributed by atoms with Crippen molar-refractivity contribution >= 4 is 5.82 Å². The normalized spacial score (nSPS) is 15.3. The van der Waals surface area contributed by atoms with Crippen LogP contribution in [-0.4, -0.2) is 23.0 Å². The lowest BCUT2D eigenvalue weighted by Gasteiger charge is -2.30. The first-order chi connectivity index (χ1) is 12.5. The van der Waals surface area contributed by atoms with Gasteiger partial charge >= 0.3 is 0 Å². The number of hydrogen-bond acceptors (Lipinski definition) is 5. The molecule has 0 saturated carbocycles. The van der Waals surface area contributed by atoms with Crippen molar-refractivity contribution < 1.29 is 0 Å². The predicted molar refractivity (Wildman–Crippen MR) is 100 cm³/mol. The topological polar surface area (TPSA) is 110 Å². The molecule has 2 heterocycles. The smallest absolute Gasteiger partial charge is 0.268 e. The van der Waals surface area contributed by atoms with Crippen molar-refractivity contribution in [2.24, 2.45) is 5.92 Å². The van der Waals surface area contributed by atoms with Crippen LogP contribution in [0.2, 0.25) is 0 Å². The highest BCUT2D eigenvalue weighted by atomic mass is 16.1. The fourth-order valence-electron chi connectivity index (χ4n) is 3.39. The Bertz CT molecular complexity index is 938. The van der Waals surface area contributed by atoms with Crippen LogP contribution in [0.15, 0.2) is 29.1 Å². The van der Waals surface area contributed by atoms with E-state index in [9.17, 15) is 15.3 Å². The lowest BCUT2D eigenvalue weighted by atomic mass is 9.95. The zero-order valence-electron chi connectivity index (χ0n) is 14.7. The molecule has 1 aliphatic heterocycles. The van der Waals surface area contributed by atoms with Crippen LogP contribution >= 0.6 is 0 Å². The first-order valence-corrected chi connectivity index (χ1v) is 8.71. The number of nitrogens with one attached hydrogen (secondary N) is 1.